The van der Waals surface area contributed by atoms with Crippen LogP contribution in [0.2, 0.25) is 0 Å². The van der Waals surface area contributed by atoms with Crippen molar-refractivity contribution in [1.82, 2.24) is 14.2 Å². The highest BCUT2D eigenvalue weighted by molar-refractivity contribution is 7.44. The molecule has 180 valence electrons. The lowest BCUT2D eigenvalue weighted by Crippen LogP contribution is -2.43. The average molecular weight is 478 g/mol. The van der Waals surface area contributed by atoms with Gasteiger partial charge in [0.15, 0.2) is 6.23 Å². The minimum atomic E-state index is -1.53. The van der Waals surface area contributed by atoms with Crippen molar-refractivity contribution in [3.8, 4) is 12.3 Å². The Labute approximate surface area is 195 Å². The van der Waals surface area contributed by atoms with Crippen molar-refractivity contribution in [2.75, 3.05) is 19.8 Å². The zero-order chi connectivity index (χ0) is 24.3. The van der Waals surface area contributed by atoms with Crippen LogP contribution in [0.5, 0.6) is 0 Å². The second-order valence-corrected chi connectivity index (χ2v) is 10.0. The summed E-state index contributed by atoms with van der Waals surface area (Å²) in [6.45, 7) is 18.1. The highest BCUT2D eigenvalue weighted by Gasteiger charge is 2.63. The summed E-state index contributed by atoms with van der Waals surface area (Å²) in [5.41, 5.74) is -2.02. The first-order chi connectivity index (χ1) is 15.7. The second kappa shape index (κ2) is 10.5. The van der Waals surface area contributed by atoms with Crippen LogP contribution in [-0.2, 0) is 18.5 Å². The van der Waals surface area contributed by atoms with E-state index in [0.717, 1.165) is 0 Å². The van der Waals surface area contributed by atoms with Gasteiger partial charge in [0, 0.05) is 18.3 Å². The third kappa shape index (κ3) is 4.93. The van der Waals surface area contributed by atoms with Crippen molar-refractivity contribution in [3.63, 3.8) is 0 Å². The number of aromatic nitrogens is 2. The Morgan fingerprint density at radius 3 is 2.70 bits per heavy atom. The molecule has 0 spiro atoms. The monoisotopic (exact) mass is 478 g/mol. The van der Waals surface area contributed by atoms with E-state index in [9.17, 15) is 9.59 Å². The highest BCUT2D eigenvalue weighted by atomic mass is 31.2. The predicted octanol–water partition coefficient (Wildman–Crippen LogP) is 2.26. The summed E-state index contributed by atoms with van der Waals surface area (Å²) in [6.07, 6.45) is 5.39. The molecule has 0 radical (unpaired) electrons. The zero-order valence-electron chi connectivity index (χ0n) is 19.6. The molecule has 10 nitrogen and oxygen atoms in total. The minimum Gasteiger partial charge on any atom is -0.368 e. The van der Waals surface area contributed by atoms with E-state index in [2.05, 4.69) is 48.1 Å². The van der Waals surface area contributed by atoms with E-state index in [0.29, 0.717) is 13.0 Å². The topological polar surface area (TPSA) is 99.4 Å². The van der Waals surface area contributed by atoms with E-state index in [1.807, 2.05) is 6.92 Å². The van der Waals surface area contributed by atoms with E-state index in [4.69, 9.17) is 31.5 Å². The maximum atomic E-state index is 12.6. The molecule has 2 saturated heterocycles. The van der Waals surface area contributed by atoms with Gasteiger partial charge in [-0.3, -0.25) is 14.3 Å². The maximum Gasteiger partial charge on any atom is 0.330 e. The Morgan fingerprint density at radius 2 is 2.12 bits per heavy atom. The lowest BCUT2D eigenvalue weighted by atomic mass is 9.96. The smallest absolute Gasteiger partial charge is 0.330 e. The molecule has 2 fully saturated rings. The summed E-state index contributed by atoms with van der Waals surface area (Å²) < 4.78 is 28.4. The van der Waals surface area contributed by atoms with Gasteiger partial charge >= 0.3 is 5.69 Å². The van der Waals surface area contributed by atoms with Gasteiger partial charge in [-0.1, -0.05) is 12.8 Å². The van der Waals surface area contributed by atoms with Crippen LogP contribution in [0, 0.1) is 18.9 Å². The van der Waals surface area contributed by atoms with Crippen LogP contribution >= 0.6 is 8.53 Å². The average Bonchev–Trinajstić information content (AvgIpc) is 3.25. The highest BCUT2D eigenvalue weighted by Crippen LogP contribution is 2.55. The SMILES string of the molecule is [C-]#[N+]CCOP(O[C@H]1C2OC[C@@]1(CC)O[C@H]2n1cc(C#C)c(=O)[nH]c1=O)N(C(C)C)C(C)C. The summed E-state index contributed by atoms with van der Waals surface area (Å²) in [5, 5.41) is 0. The van der Waals surface area contributed by atoms with Crippen LogP contribution in [0.3, 0.4) is 0 Å². The number of nitrogens with one attached hydrogen (secondary N) is 1. The minimum absolute atomic E-state index is 0.0273. The van der Waals surface area contributed by atoms with Gasteiger partial charge in [-0.25, -0.2) is 16.0 Å². The molecule has 2 unspecified atom stereocenters. The number of rotatable bonds is 10. The van der Waals surface area contributed by atoms with Crippen LogP contribution in [0.25, 0.3) is 4.85 Å². The van der Waals surface area contributed by atoms with Gasteiger partial charge in [-0.2, -0.15) is 0 Å². The summed E-state index contributed by atoms with van der Waals surface area (Å²) >= 11 is 0. The van der Waals surface area contributed by atoms with Crippen LogP contribution in [-0.4, -0.2) is 63.9 Å². The molecule has 3 heterocycles. The molecule has 33 heavy (non-hydrogen) atoms. The molecule has 5 atom stereocenters. The predicted molar refractivity (Wildman–Crippen MR) is 123 cm³/mol. The Bertz CT molecular complexity index is 1030. The van der Waals surface area contributed by atoms with E-state index in [1.165, 1.54) is 10.8 Å². The van der Waals surface area contributed by atoms with Crippen LogP contribution in [0.15, 0.2) is 15.8 Å². The summed E-state index contributed by atoms with van der Waals surface area (Å²) in [5.74, 6) is 2.29. The largest absolute Gasteiger partial charge is 0.368 e. The lowest BCUT2D eigenvalue weighted by Gasteiger charge is -2.38. The number of hydrogen-bond acceptors (Lipinski definition) is 7. The Morgan fingerprint density at radius 1 is 1.42 bits per heavy atom. The lowest BCUT2D eigenvalue weighted by molar-refractivity contribution is -0.175. The summed E-state index contributed by atoms with van der Waals surface area (Å²) in [6, 6.07) is 0.275. The molecule has 0 aliphatic carbocycles. The quantitative estimate of drug-likeness (QED) is 0.238. The van der Waals surface area contributed by atoms with E-state index >= 15 is 0 Å². The van der Waals surface area contributed by atoms with Gasteiger partial charge in [0.05, 0.1) is 6.61 Å². The molecule has 11 heteroatoms. The first-order valence-corrected chi connectivity index (χ1v) is 12.1. The maximum absolute atomic E-state index is 12.6. The number of ether oxygens (including phenoxy) is 2. The molecular formula is C22H31N4O6P. The van der Waals surface area contributed by atoms with Crippen molar-refractivity contribution in [2.45, 2.75) is 77.2 Å². The van der Waals surface area contributed by atoms with E-state index < -0.39 is 43.8 Å². The fraction of sp³-hybridized carbons (Fsp3) is 0.682. The molecule has 0 aromatic carbocycles. The van der Waals surface area contributed by atoms with E-state index in [1.54, 1.807) is 0 Å². The standard InChI is InChI=1S/C22H31N4O6P/c1-8-16-12-25(21(28)24-19(16)27)20-17-18(22(9-2,31-20)13-29-17)32-33(30-11-10-23-7)26(14(3)4)15(5)6/h1,12,14-15,17-18,20H,9-11,13H2,2-6H3,(H,24,27,28)/t17?,18-,20+,22+,33?/m0/s1. The number of fused-ring (bicyclic) bond motifs is 2. The van der Waals surface area contributed by atoms with Crippen molar-refractivity contribution in [3.05, 3.63) is 44.0 Å². The first kappa shape index (κ1) is 25.6. The number of aromatic amines is 1. The molecule has 0 amide bonds. The molecule has 2 aliphatic rings. The molecular weight excluding hydrogens is 447 g/mol. The summed E-state index contributed by atoms with van der Waals surface area (Å²) in [7, 11) is -1.53. The second-order valence-electron chi connectivity index (χ2n) is 8.60. The van der Waals surface area contributed by atoms with Gasteiger partial charge in [0.25, 0.3) is 14.1 Å². The van der Waals surface area contributed by atoms with Gasteiger partial charge < -0.3 is 23.4 Å². The number of terminal acetylenes is 1. The molecule has 1 aromatic rings. The molecule has 0 saturated carbocycles. The van der Waals surface area contributed by atoms with Gasteiger partial charge in [-0.15, -0.1) is 6.42 Å². The van der Waals surface area contributed by atoms with Crippen LogP contribution in [0.4, 0.5) is 0 Å². The van der Waals surface area contributed by atoms with Crippen molar-refractivity contribution < 1.29 is 18.5 Å². The number of hydrogen-bond donors (Lipinski definition) is 1. The third-order valence-electron chi connectivity index (χ3n) is 5.82. The number of nitrogens with zero attached hydrogens (tertiary/aromatic N) is 3. The van der Waals surface area contributed by atoms with Gasteiger partial charge in [-0.05, 0) is 34.1 Å². The van der Waals surface area contributed by atoms with Crippen molar-refractivity contribution >= 4 is 8.53 Å². The Kier molecular flexibility index (Phi) is 8.13. The van der Waals surface area contributed by atoms with Crippen molar-refractivity contribution in [1.29, 1.82) is 0 Å². The fourth-order valence-electron chi connectivity index (χ4n) is 4.27. The Balaban J connectivity index is 1.95. The molecule has 1 N–H and O–H groups in total. The molecule has 2 aliphatic heterocycles. The Hall–Kier alpha value is -2.04. The van der Waals surface area contributed by atoms with Crippen LogP contribution < -0.4 is 11.2 Å². The first-order valence-electron chi connectivity index (χ1n) is 11.0. The van der Waals surface area contributed by atoms with Gasteiger partial charge in [0.2, 0.25) is 6.54 Å². The zero-order valence-corrected chi connectivity index (χ0v) is 20.5. The molecule has 2 bridgehead atoms. The van der Waals surface area contributed by atoms with Crippen LogP contribution in [0.1, 0.15) is 52.8 Å². The molecule has 3 rings (SSSR count). The van der Waals surface area contributed by atoms with E-state index in [-0.39, 0.29) is 30.8 Å². The van der Waals surface area contributed by atoms with Gasteiger partial charge in [0.1, 0.15) is 30.0 Å². The number of H-pyrrole nitrogens is 1. The molecule has 1 aromatic heterocycles. The summed E-state index contributed by atoms with van der Waals surface area (Å²) in [4.78, 5) is 30.1. The normalized spacial score (nSPS) is 27.3. The third-order valence-corrected chi connectivity index (χ3v) is 7.94. The van der Waals surface area contributed by atoms with Crippen molar-refractivity contribution in [2.24, 2.45) is 0 Å². The fourth-order valence-corrected chi connectivity index (χ4v) is 6.07.